The van der Waals surface area contributed by atoms with Crippen molar-refractivity contribution in [2.45, 2.75) is 36.7 Å². The van der Waals surface area contributed by atoms with E-state index in [9.17, 15) is 12.8 Å². The molecule has 39 heavy (non-hydrogen) atoms. The van der Waals surface area contributed by atoms with Gasteiger partial charge in [0.15, 0.2) is 17.3 Å². The molecule has 0 spiro atoms. The zero-order chi connectivity index (χ0) is 27.6. The van der Waals surface area contributed by atoms with E-state index in [-0.39, 0.29) is 42.3 Å². The minimum absolute atomic E-state index is 0.0364. The van der Waals surface area contributed by atoms with Crippen LogP contribution >= 0.6 is 0 Å². The largest absolute Gasteiger partial charge is 0.479 e. The molecule has 15 nitrogen and oxygen atoms in total. The van der Waals surface area contributed by atoms with Gasteiger partial charge in [-0.05, 0) is 19.3 Å². The summed E-state index contributed by atoms with van der Waals surface area (Å²) in [4.78, 5) is 17.9. The molecule has 2 saturated heterocycles. The first-order valence-corrected chi connectivity index (χ1v) is 13.7. The van der Waals surface area contributed by atoms with Crippen LogP contribution in [0, 0.1) is 5.82 Å². The van der Waals surface area contributed by atoms with Gasteiger partial charge in [-0.15, -0.1) is 10.2 Å². The Hall–Kier alpha value is -3.70. The number of rotatable bonds is 9. The van der Waals surface area contributed by atoms with Crippen LogP contribution < -0.4 is 19.1 Å². The van der Waals surface area contributed by atoms with Crippen molar-refractivity contribution >= 4 is 21.9 Å². The van der Waals surface area contributed by atoms with E-state index in [1.165, 1.54) is 32.2 Å². The molecule has 210 valence electrons. The van der Waals surface area contributed by atoms with E-state index in [0.29, 0.717) is 25.4 Å². The highest BCUT2D eigenvalue weighted by atomic mass is 32.2. The number of ether oxygens (including phenoxy) is 4. The number of hydrogen-bond acceptors (Lipinski definition) is 13. The molecule has 2 fully saturated rings. The van der Waals surface area contributed by atoms with Crippen LogP contribution in [-0.2, 0) is 19.5 Å². The van der Waals surface area contributed by atoms with Crippen molar-refractivity contribution in [3.8, 4) is 17.4 Å². The van der Waals surface area contributed by atoms with Gasteiger partial charge in [-0.2, -0.15) is 9.97 Å². The average molecular weight is 566 g/mol. The van der Waals surface area contributed by atoms with Gasteiger partial charge in [0.1, 0.15) is 17.7 Å². The summed E-state index contributed by atoms with van der Waals surface area (Å²) in [7, 11) is 0.241. The Bertz CT molecular complexity index is 1380. The highest BCUT2D eigenvalue weighted by Crippen LogP contribution is 2.37. The molecule has 0 aromatic carbocycles. The first-order chi connectivity index (χ1) is 18.8. The molecule has 1 unspecified atom stereocenters. The molecule has 3 atom stereocenters. The van der Waals surface area contributed by atoms with E-state index in [2.05, 4.69) is 34.9 Å². The first kappa shape index (κ1) is 26.9. The summed E-state index contributed by atoms with van der Waals surface area (Å²) in [5.41, 5.74) is 0.218. The Morgan fingerprint density at radius 1 is 1.05 bits per heavy atom. The number of nitrogens with one attached hydrogen (secondary N) is 1. The highest BCUT2D eigenvalue weighted by molar-refractivity contribution is 7.93. The van der Waals surface area contributed by atoms with Crippen molar-refractivity contribution < 1.29 is 31.8 Å². The van der Waals surface area contributed by atoms with Gasteiger partial charge in [0, 0.05) is 26.8 Å². The summed E-state index contributed by atoms with van der Waals surface area (Å²) in [6.07, 6.45) is 4.09. The minimum atomic E-state index is -4.10. The van der Waals surface area contributed by atoms with Crippen molar-refractivity contribution in [2.75, 3.05) is 50.6 Å². The number of aromatic nitrogens is 7. The van der Waals surface area contributed by atoms with E-state index in [1.807, 2.05) is 0 Å². The van der Waals surface area contributed by atoms with E-state index in [1.54, 1.807) is 4.90 Å². The van der Waals surface area contributed by atoms with Crippen molar-refractivity contribution in [2.24, 2.45) is 0 Å². The molecule has 0 aliphatic carbocycles. The summed E-state index contributed by atoms with van der Waals surface area (Å²) in [5, 5.41) is 7.46. The molecule has 5 heterocycles. The Morgan fingerprint density at radius 3 is 2.38 bits per heavy atom. The topological polar surface area (TPSA) is 169 Å². The molecule has 0 saturated carbocycles. The van der Waals surface area contributed by atoms with E-state index in [0.717, 1.165) is 18.8 Å². The quantitative estimate of drug-likeness (QED) is 0.389. The summed E-state index contributed by atoms with van der Waals surface area (Å²) in [6, 6.07) is 0. The second-order valence-electron chi connectivity index (χ2n) is 8.93. The van der Waals surface area contributed by atoms with Crippen molar-refractivity contribution in [1.29, 1.82) is 0 Å². The zero-order valence-electron chi connectivity index (χ0n) is 21.5. The predicted molar refractivity (Wildman–Crippen MR) is 134 cm³/mol. The lowest BCUT2D eigenvalue weighted by molar-refractivity contribution is 0.0898. The van der Waals surface area contributed by atoms with Crippen molar-refractivity contribution in [3.63, 3.8) is 0 Å². The van der Waals surface area contributed by atoms with Crippen LogP contribution in [-0.4, -0.2) is 95.5 Å². The zero-order valence-corrected chi connectivity index (χ0v) is 22.3. The second kappa shape index (κ2) is 11.2. The molecule has 5 rings (SSSR count). The van der Waals surface area contributed by atoms with Gasteiger partial charge >= 0.3 is 0 Å². The van der Waals surface area contributed by atoms with Crippen LogP contribution in [0.25, 0.3) is 5.69 Å². The maximum atomic E-state index is 13.8. The maximum Gasteiger partial charge on any atom is 0.245 e. The number of methoxy groups -OCH3 is 3. The monoisotopic (exact) mass is 565 g/mol. The molecule has 2 aliphatic rings. The van der Waals surface area contributed by atoms with Gasteiger partial charge in [-0.1, -0.05) is 0 Å². The second-order valence-corrected chi connectivity index (χ2v) is 10.9. The van der Waals surface area contributed by atoms with Crippen LogP contribution in [0.4, 0.5) is 16.3 Å². The number of sulfonamides is 1. The number of halogens is 1. The van der Waals surface area contributed by atoms with Crippen LogP contribution in [0.2, 0.25) is 0 Å². The third-order valence-corrected chi connectivity index (χ3v) is 8.23. The molecule has 3 aromatic heterocycles. The molecule has 0 amide bonds. The minimum Gasteiger partial charge on any atom is -0.479 e. The summed E-state index contributed by atoms with van der Waals surface area (Å²) >= 11 is 0. The number of hydrogen-bond donors (Lipinski definition) is 1. The molecule has 1 N–H and O–H groups in total. The molecule has 0 radical (unpaired) electrons. The fourth-order valence-electron chi connectivity index (χ4n) is 4.66. The molecular weight excluding hydrogens is 537 g/mol. The van der Waals surface area contributed by atoms with Crippen LogP contribution in [0.3, 0.4) is 0 Å². The van der Waals surface area contributed by atoms with E-state index < -0.39 is 33.3 Å². The van der Waals surface area contributed by atoms with Gasteiger partial charge in [-0.3, -0.25) is 9.29 Å². The van der Waals surface area contributed by atoms with Gasteiger partial charge in [0.2, 0.25) is 33.7 Å². The van der Waals surface area contributed by atoms with Gasteiger partial charge in [-0.25, -0.2) is 22.8 Å². The van der Waals surface area contributed by atoms with Gasteiger partial charge < -0.3 is 23.8 Å². The lowest BCUT2D eigenvalue weighted by Gasteiger charge is -2.36. The lowest BCUT2D eigenvalue weighted by atomic mass is 10.1. The Morgan fingerprint density at radius 2 is 1.77 bits per heavy atom. The summed E-state index contributed by atoms with van der Waals surface area (Å²) in [6.45, 7) is 0.901. The Kier molecular flexibility index (Phi) is 7.72. The molecule has 3 aromatic rings. The third-order valence-electron chi connectivity index (χ3n) is 6.54. The standard InChI is InChI=1S/C22H28FN9O6S/c1-35-14-7-15(11-31(10-14)21-24-8-13(23)9-25-21)39(33,34)30-22-29-28-18(16-5-4-6-38-16)32(22)17-19(36-2)26-12-27-20(17)37-3/h8-9,12,14-16H,4-7,10-11H2,1-3H3,(H,29,30)/t14-,15-,16?/m0/s1. The third kappa shape index (κ3) is 5.41. The Labute approximate surface area is 223 Å². The average Bonchev–Trinajstić information content (AvgIpc) is 3.62. The molecule has 17 heteroatoms. The smallest absolute Gasteiger partial charge is 0.245 e. The van der Waals surface area contributed by atoms with Crippen LogP contribution in [0.15, 0.2) is 18.7 Å². The fourth-order valence-corrected chi connectivity index (χ4v) is 6.05. The molecular formula is C22H28FN9O6S. The highest BCUT2D eigenvalue weighted by Gasteiger charge is 2.39. The SMILES string of the molecule is COc1ncnc(OC)c1-n1c(NS(=O)(=O)[C@H]2C[C@H](OC)CN(c3ncc(F)cn3)C2)nnc1C1CCCO1. The number of anilines is 2. The van der Waals surface area contributed by atoms with Gasteiger partial charge in [0.05, 0.1) is 32.7 Å². The molecule has 2 aliphatic heterocycles. The number of nitrogens with zero attached hydrogens (tertiary/aromatic N) is 8. The summed E-state index contributed by atoms with van der Waals surface area (Å²) in [5.74, 6) is 0.0728. The normalized spacial score (nSPS) is 21.6. The van der Waals surface area contributed by atoms with E-state index >= 15 is 0 Å². The fraction of sp³-hybridized carbons (Fsp3) is 0.545. The van der Waals surface area contributed by atoms with Crippen LogP contribution in [0.1, 0.15) is 31.2 Å². The lowest BCUT2D eigenvalue weighted by Crippen LogP contribution is -2.51. The van der Waals surface area contributed by atoms with Crippen molar-refractivity contribution in [1.82, 2.24) is 34.7 Å². The number of piperidine rings is 1. The van der Waals surface area contributed by atoms with Crippen LogP contribution in [0.5, 0.6) is 11.8 Å². The van der Waals surface area contributed by atoms with E-state index in [4.69, 9.17) is 18.9 Å². The predicted octanol–water partition coefficient (Wildman–Crippen LogP) is 0.891. The maximum absolute atomic E-state index is 13.8. The van der Waals surface area contributed by atoms with Gasteiger partial charge in [0.25, 0.3) is 0 Å². The Balaban J connectivity index is 1.52. The summed E-state index contributed by atoms with van der Waals surface area (Å²) < 4.78 is 67.2. The first-order valence-electron chi connectivity index (χ1n) is 12.1. The van der Waals surface area contributed by atoms with Crippen molar-refractivity contribution in [3.05, 3.63) is 30.4 Å². The molecule has 0 bridgehead atoms.